The molecule has 9 heteroatoms. The molecule has 0 saturated heterocycles. The fourth-order valence-corrected chi connectivity index (χ4v) is 4.45. The lowest BCUT2D eigenvalue weighted by Gasteiger charge is -2.09. The molecule has 4 aromatic rings. The molecule has 0 fully saturated rings. The molecule has 1 heterocycles. The van der Waals surface area contributed by atoms with Crippen molar-refractivity contribution in [1.82, 2.24) is 4.57 Å². The molecule has 0 unspecified atom stereocenters. The summed E-state index contributed by atoms with van der Waals surface area (Å²) in [5, 5.41) is 0. The highest BCUT2D eigenvalue weighted by Gasteiger charge is 2.16. The zero-order valence-electron chi connectivity index (χ0n) is 19.5. The molecule has 1 aromatic heterocycles. The van der Waals surface area contributed by atoms with Crippen LogP contribution in [0.25, 0.3) is 10.2 Å². The van der Waals surface area contributed by atoms with Crippen LogP contribution in [0.1, 0.15) is 17.3 Å². The fraction of sp³-hybridized carbons (Fsp3) is 0.192. The summed E-state index contributed by atoms with van der Waals surface area (Å²) in [6, 6.07) is 19.6. The van der Waals surface area contributed by atoms with Crippen LogP contribution in [0.5, 0.6) is 23.0 Å². The van der Waals surface area contributed by atoms with Gasteiger partial charge in [0.25, 0.3) is 5.91 Å². The third-order valence-corrected chi connectivity index (χ3v) is 6.10. The summed E-state index contributed by atoms with van der Waals surface area (Å²) in [4.78, 5) is 30.0. The van der Waals surface area contributed by atoms with Gasteiger partial charge in [0.2, 0.25) is 0 Å². The maximum atomic E-state index is 13.0. The summed E-state index contributed by atoms with van der Waals surface area (Å²) in [7, 11) is 3.08. The third kappa shape index (κ3) is 5.52. The maximum Gasteiger partial charge on any atom is 0.326 e. The first-order valence-corrected chi connectivity index (χ1v) is 11.7. The Labute approximate surface area is 206 Å². The van der Waals surface area contributed by atoms with Crippen molar-refractivity contribution in [2.24, 2.45) is 4.99 Å². The molecule has 0 N–H and O–H groups in total. The predicted molar refractivity (Wildman–Crippen MR) is 132 cm³/mol. The first kappa shape index (κ1) is 24.0. The lowest BCUT2D eigenvalue weighted by molar-refractivity contribution is -0.143. The lowest BCUT2D eigenvalue weighted by Crippen LogP contribution is -2.23. The molecule has 0 aliphatic rings. The number of para-hydroxylation sites is 1. The Hall–Kier alpha value is -4.11. The number of ether oxygens (including phenoxy) is 4. The van der Waals surface area contributed by atoms with Crippen molar-refractivity contribution in [2.45, 2.75) is 13.5 Å². The number of amides is 1. The number of methoxy groups -OCH3 is 2. The molecular formula is C26H24N2O6S. The minimum absolute atomic E-state index is 0.0979. The Morgan fingerprint density at radius 3 is 2.23 bits per heavy atom. The number of rotatable bonds is 8. The molecule has 4 rings (SSSR count). The van der Waals surface area contributed by atoms with Crippen LogP contribution in [-0.2, 0) is 16.1 Å². The van der Waals surface area contributed by atoms with Crippen molar-refractivity contribution in [1.29, 1.82) is 0 Å². The van der Waals surface area contributed by atoms with Gasteiger partial charge < -0.3 is 23.5 Å². The number of thiazole rings is 1. The van der Waals surface area contributed by atoms with Gasteiger partial charge in [0.1, 0.15) is 18.0 Å². The zero-order chi connectivity index (χ0) is 24.8. The Kier molecular flexibility index (Phi) is 7.47. The summed E-state index contributed by atoms with van der Waals surface area (Å²) in [5.41, 5.74) is 1.07. The van der Waals surface area contributed by atoms with Gasteiger partial charge in [-0.05, 0) is 43.3 Å². The number of carbonyl (C=O) groups is 2. The standard InChI is InChI=1S/C26H24N2O6S/c1-4-33-24(29)16-28-20-14-21(31-2)22(32-3)15-23(20)35-26(28)27-25(30)17-10-12-19(13-11-17)34-18-8-6-5-7-9-18/h5-15H,4,16H2,1-3H3. The number of hydrogen-bond acceptors (Lipinski definition) is 7. The molecule has 0 atom stereocenters. The van der Waals surface area contributed by atoms with Crippen molar-refractivity contribution in [2.75, 3.05) is 20.8 Å². The van der Waals surface area contributed by atoms with Crippen LogP contribution in [0, 0.1) is 0 Å². The van der Waals surface area contributed by atoms with Gasteiger partial charge in [0.15, 0.2) is 16.3 Å². The highest BCUT2D eigenvalue weighted by Crippen LogP contribution is 2.33. The first-order chi connectivity index (χ1) is 17.0. The second-order valence-corrected chi connectivity index (χ2v) is 8.32. The van der Waals surface area contributed by atoms with Crippen LogP contribution in [0.15, 0.2) is 71.7 Å². The summed E-state index contributed by atoms with van der Waals surface area (Å²) >= 11 is 1.27. The first-order valence-electron chi connectivity index (χ1n) is 10.9. The van der Waals surface area contributed by atoms with E-state index >= 15 is 0 Å². The van der Waals surface area contributed by atoms with Crippen LogP contribution in [0.4, 0.5) is 0 Å². The van der Waals surface area contributed by atoms with Crippen molar-refractivity contribution in [3.63, 3.8) is 0 Å². The van der Waals surface area contributed by atoms with Crippen molar-refractivity contribution in [3.8, 4) is 23.0 Å². The molecule has 0 saturated carbocycles. The van der Waals surface area contributed by atoms with E-state index in [1.165, 1.54) is 18.4 Å². The second-order valence-electron chi connectivity index (χ2n) is 7.31. The molecule has 0 aliphatic carbocycles. The number of carbonyl (C=O) groups excluding carboxylic acids is 2. The van der Waals surface area contributed by atoms with Gasteiger partial charge >= 0.3 is 5.97 Å². The Morgan fingerprint density at radius 1 is 0.914 bits per heavy atom. The van der Waals surface area contributed by atoms with Gasteiger partial charge in [0, 0.05) is 17.7 Å². The summed E-state index contributed by atoms with van der Waals surface area (Å²) < 4.78 is 24.1. The van der Waals surface area contributed by atoms with Gasteiger partial charge in [-0.3, -0.25) is 9.59 Å². The maximum absolute atomic E-state index is 13.0. The van der Waals surface area contributed by atoms with E-state index in [0.29, 0.717) is 38.9 Å². The van der Waals surface area contributed by atoms with Crippen LogP contribution >= 0.6 is 11.3 Å². The van der Waals surface area contributed by atoms with Crippen LogP contribution in [-0.4, -0.2) is 37.3 Å². The summed E-state index contributed by atoms with van der Waals surface area (Å²) in [5.74, 6) is 1.47. The van der Waals surface area contributed by atoms with E-state index in [4.69, 9.17) is 18.9 Å². The van der Waals surface area contributed by atoms with E-state index < -0.39 is 11.9 Å². The molecule has 180 valence electrons. The molecule has 3 aromatic carbocycles. The van der Waals surface area contributed by atoms with Gasteiger partial charge in [0.05, 0.1) is 31.0 Å². The average molecular weight is 493 g/mol. The summed E-state index contributed by atoms with van der Waals surface area (Å²) in [6.45, 7) is 1.89. The van der Waals surface area contributed by atoms with E-state index in [9.17, 15) is 9.59 Å². The predicted octanol–water partition coefficient (Wildman–Crippen LogP) is 4.82. The number of aromatic nitrogens is 1. The minimum Gasteiger partial charge on any atom is -0.493 e. The average Bonchev–Trinajstić information content (AvgIpc) is 3.19. The topological polar surface area (TPSA) is 88.4 Å². The van der Waals surface area contributed by atoms with Crippen LogP contribution in [0.3, 0.4) is 0 Å². The Balaban J connectivity index is 1.70. The zero-order valence-corrected chi connectivity index (χ0v) is 20.3. The van der Waals surface area contributed by atoms with E-state index in [1.54, 1.807) is 55.0 Å². The SMILES string of the molecule is CCOC(=O)Cn1c(=NC(=O)c2ccc(Oc3ccccc3)cc2)sc2cc(OC)c(OC)cc21. The summed E-state index contributed by atoms with van der Waals surface area (Å²) in [6.07, 6.45) is 0. The molecule has 1 amide bonds. The van der Waals surface area contributed by atoms with Crippen molar-refractivity contribution in [3.05, 3.63) is 77.1 Å². The van der Waals surface area contributed by atoms with Crippen LogP contribution < -0.4 is 19.0 Å². The highest BCUT2D eigenvalue weighted by molar-refractivity contribution is 7.16. The van der Waals surface area contributed by atoms with Gasteiger partial charge in [-0.15, -0.1) is 0 Å². The van der Waals surface area contributed by atoms with Gasteiger partial charge in [-0.1, -0.05) is 29.5 Å². The Bertz CT molecular complexity index is 1410. The Morgan fingerprint density at radius 2 is 1.57 bits per heavy atom. The normalized spacial score (nSPS) is 11.3. The number of nitrogens with zero attached hydrogens (tertiary/aromatic N) is 2. The van der Waals surface area contributed by atoms with Gasteiger partial charge in [-0.2, -0.15) is 4.99 Å². The van der Waals surface area contributed by atoms with Crippen molar-refractivity contribution < 1.29 is 28.5 Å². The quantitative estimate of drug-likeness (QED) is 0.328. The molecule has 0 bridgehead atoms. The smallest absolute Gasteiger partial charge is 0.326 e. The van der Waals surface area contributed by atoms with Gasteiger partial charge in [-0.25, -0.2) is 0 Å². The second kappa shape index (κ2) is 10.9. The minimum atomic E-state index is -0.445. The molecule has 35 heavy (non-hydrogen) atoms. The largest absolute Gasteiger partial charge is 0.493 e. The molecule has 0 spiro atoms. The number of hydrogen-bond donors (Lipinski definition) is 0. The monoisotopic (exact) mass is 492 g/mol. The van der Waals surface area contributed by atoms with Crippen molar-refractivity contribution >= 4 is 33.4 Å². The van der Waals surface area contributed by atoms with E-state index in [-0.39, 0.29) is 13.2 Å². The molecule has 0 radical (unpaired) electrons. The number of fused-ring (bicyclic) bond motifs is 1. The molecular weight excluding hydrogens is 468 g/mol. The fourth-order valence-electron chi connectivity index (χ4n) is 3.41. The van der Waals surface area contributed by atoms with Crippen LogP contribution in [0.2, 0.25) is 0 Å². The van der Waals surface area contributed by atoms with E-state index in [0.717, 1.165) is 4.70 Å². The van der Waals surface area contributed by atoms with E-state index in [1.807, 2.05) is 30.3 Å². The molecule has 8 nitrogen and oxygen atoms in total. The number of benzene rings is 3. The highest BCUT2D eigenvalue weighted by atomic mass is 32.1. The third-order valence-electron chi connectivity index (χ3n) is 5.06. The molecule has 0 aliphatic heterocycles. The van der Waals surface area contributed by atoms with E-state index in [2.05, 4.69) is 4.99 Å². The lowest BCUT2D eigenvalue weighted by atomic mass is 10.2. The number of esters is 1.